The SMILES string of the molecule is CCCC1CCC(C(N)c2cnc3ccccc3c2)CC1. The van der Waals surface area contributed by atoms with E-state index in [9.17, 15) is 0 Å². The molecule has 0 saturated heterocycles. The maximum absolute atomic E-state index is 6.54. The second kappa shape index (κ2) is 6.57. The summed E-state index contributed by atoms with van der Waals surface area (Å²) in [6.07, 6.45) is 9.94. The van der Waals surface area contributed by atoms with Crippen molar-refractivity contribution >= 4 is 10.9 Å². The van der Waals surface area contributed by atoms with Gasteiger partial charge < -0.3 is 5.73 Å². The van der Waals surface area contributed by atoms with Crippen molar-refractivity contribution in [1.29, 1.82) is 0 Å². The quantitative estimate of drug-likeness (QED) is 0.871. The number of hydrogen-bond donors (Lipinski definition) is 1. The predicted molar refractivity (Wildman–Crippen MR) is 89.0 cm³/mol. The molecule has 2 nitrogen and oxygen atoms in total. The number of pyridine rings is 1. The Morgan fingerprint density at radius 3 is 2.71 bits per heavy atom. The van der Waals surface area contributed by atoms with Crippen LogP contribution in [0.25, 0.3) is 10.9 Å². The molecular formula is C19H26N2. The topological polar surface area (TPSA) is 38.9 Å². The molecule has 0 aliphatic heterocycles. The Morgan fingerprint density at radius 1 is 1.19 bits per heavy atom. The van der Waals surface area contributed by atoms with Crippen molar-refractivity contribution < 1.29 is 0 Å². The molecule has 21 heavy (non-hydrogen) atoms. The number of hydrogen-bond acceptors (Lipinski definition) is 2. The number of fused-ring (bicyclic) bond motifs is 1. The van der Waals surface area contributed by atoms with Gasteiger partial charge in [0.25, 0.3) is 0 Å². The van der Waals surface area contributed by atoms with Gasteiger partial charge in [0, 0.05) is 17.6 Å². The summed E-state index contributed by atoms with van der Waals surface area (Å²) in [6, 6.07) is 10.6. The fourth-order valence-electron chi connectivity index (χ4n) is 3.79. The Labute approximate surface area is 127 Å². The summed E-state index contributed by atoms with van der Waals surface area (Å²) < 4.78 is 0. The van der Waals surface area contributed by atoms with E-state index in [0.717, 1.165) is 11.4 Å². The van der Waals surface area contributed by atoms with Gasteiger partial charge in [0.15, 0.2) is 0 Å². The zero-order valence-electron chi connectivity index (χ0n) is 13.0. The van der Waals surface area contributed by atoms with E-state index in [4.69, 9.17) is 5.73 Å². The largest absolute Gasteiger partial charge is 0.324 e. The third-order valence-electron chi connectivity index (χ3n) is 5.09. The van der Waals surface area contributed by atoms with Gasteiger partial charge in [-0.2, -0.15) is 0 Å². The molecule has 2 aromatic rings. The normalized spacial score (nSPS) is 24.1. The number of aromatic nitrogens is 1. The van der Waals surface area contributed by atoms with Crippen molar-refractivity contribution in [3.05, 3.63) is 42.1 Å². The first-order valence-corrected chi connectivity index (χ1v) is 8.38. The highest BCUT2D eigenvalue weighted by atomic mass is 14.7. The van der Waals surface area contributed by atoms with Crippen LogP contribution in [-0.2, 0) is 0 Å². The summed E-state index contributed by atoms with van der Waals surface area (Å²) in [5.41, 5.74) is 8.80. The van der Waals surface area contributed by atoms with Crippen LogP contribution in [-0.4, -0.2) is 4.98 Å². The molecule has 1 aliphatic carbocycles. The second-order valence-electron chi connectivity index (χ2n) is 6.56. The molecule has 1 heterocycles. The predicted octanol–water partition coefficient (Wildman–Crippen LogP) is 4.84. The third-order valence-corrected chi connectivity index (χ3v) is 5.09. The van der Waals surface area contributed by atoms with Crippen LogP contribution in [0.4, 0.5) is 0 Å². The molecular weight excluding hydrogens is 256 g/mol. The van der Waals surface area contributed by atoms with Gasteiger partial charge in [-0.25, -0.2) is 0 Å². The first-order chi connectivity index (χ1) is 10.3. The van der Waals surface area contributed by atoms with E-state index in [1.807, 2.05) is 12.3 Å². The minimum atomic E-state index is 0.143. The highest BCUT2D eigenvalue weighted by Gasteiger charge is 2.26. The third kappa shape index (κ3) is 3.26. The minimum Gasteiger partial charge on any atom is -0.324 e. The van der Waals surface area contributed by atoms with Gasteiger partial charge in [0.1, 0.15) is 0 Å². The Morgan fingerprint density at radius 2 is 1.95 bits per heavy atom. The van der Waals surface area contributed by atoms with Gasteiger partial charge in [-0.3, -0.25) is 4.98 Å². The molecule has 3 rings (SSSR count). The lowest BCUT2D eigenvalue weighted by molar-refractivity contribution is 0.234. The van der Waals surface area contributed by atoms with Gasteiger partial charge in [-0.05, 0) is 42.4 Å². The first-order valence-electron chi connectivity index (χ1n) is 8.38. The Kier molecular flexibility index (Phi) is 4.54. The van der Waals surface area contributed by atoms with Crippen molar-refractivity contribution in [3.63, 3.8) is 0 Å². The number of rotatable bonds is 4. The molecule has 0 spiro atoms. The molecule has 0 radical (unpaired) electrons. The molecule has 0 amide bonds. The zero-order valence-corrected chi connectivity index (χ0v) is 13.0. The van der Waals surface area contributed by atoms with Crippen LogP contribution in [0.3, 0.4) is 0 Å². The van der Waals surface area contributed by atoms with Gasteiger partial charge in [-0.1, -0.05) is 50.8 Å². The van der Waals surface area contributed by atoms with E-state index in [0.29, 0.717) is 5.92 Å². The molecule has 0 bridgehead atoms. The lowest BCUT2D eigenvalue weighted by Gasteiger charge is -2.32. The van der Waals surface area contributed by atoms with Crippen LogP contribution in [0, 0.1) is 11.8 Å². The Balaban J connectivity index is 1.70. The number of nitrogens with zero attached hydrogens (tertiary/aromatic N) is 1. The van der Waals surface area contributed by atoms with Crippen LogP contribution in [0.5, 0.6) is 0 Å². The van der Waals surface area contributed by atoms with E-state index < -0.39 is 0 Å². The number of nitrogens with two attached hydrogens (primary N) is 1. The molecule has 1 saturated carbocycles. The molecule has 1 aromatic heterocycles. The standard InChI is InChI=1S/C19H26N2/c1-2-5-14-8-10-15(11-9-14)19(20)17-12-16-6-3-4-7-18(16)21-13-17/h3-4,6-7,12-15,19H,2,5,8-11,20H2,1H3. The maximum atomic E-state index is 6.54. The van der Waals surface area contributed by atoms with E-state index in [1.54, 1.807) is 0 Å². The monoisotopic (exact) mass is 282 g/mol. The van der Waals surface area contributed by atoms with Crippen LogP contribution < -0.4 is 5.73 Å². The Bertz CT molecular complexity index is 585. The summed E-state index contributed by atoms with van der Waals surface area (Å²) in [4.78, 5) is 4.56. The summed E-state index contributed by atoms with van der Waals surface area (Å²) in [6.45, 7) is 2.29. The highest BCUT2D eigenvalue weighted by molar-refractivity contribution is 5.78. The summed E-state index contributed by atoms with van der Waals surface area (Å²) >= 11 is 0. The van der Waals surface area contributed by atoms with Crippen molar-refractivity contribution in [3.8, 4) is 0 Å². The van der Waals surface area contributed by atoms with Gasteiger partial charge >= 0.3 is 0 Å². The first kappa shape index (κ1) is 14.5. The summed E-state index contributed by atoms with van der Waals surface area (Å²) in [7, 11) is 0. The van der Waals surface area contributed by atoms with Gasteiger partial charge in [-0.15, -0.1) is 0 Å². The number of benzene rings is 1. The zero-order chi connectivity index (χ0) is 14.7. The van der Waals surface area contributed by atoms with Gasteiger partial charge in [0.05, 0.1) is 5.52 Å². The van der Waals surface area contributed by atoms with Crippen molar-refractivity contribution in [2.24, 2.45) is 17.6 Å². The van der Waals surface area contributed by atoms with Crippen molar-refractivity contribution in [2.75, 3.05) is 0 Å². The fraction of sp³-hybridized carbons (Fsp3) is 0.526. The molecule has 1 atom stereocenters. The molecule has 2 heteroatoms. The van der Waals surface area contributed by atoms with E-state index in [2.05, 4.69) is 36.2 Å². The van der Waals surface area contributed by atoms with Gasteiger partial charge in [0.2, 0.25) is 0 Å². The fourth-order valence-corrected chi connectivity index (χ4v) is 3.79. The average molecular weight is 282 g/mol. The molecule has 1 aliphatic rings. The number of para-hydroxylation sites is 1. The summed E-state index contributed by atoms with van der Waals surface area (Å²) in [5, 5.41) is 1.20. The molecule has 1 unspecified atom stereocenters. The highest BCUT2D eigenvalue weighted by Crippen LogP contribution is 2.37. The minimum absolute atomic E-state index is 0.143. The lowest BCUT2D eigenvalue weighted by Crippen LogP contribution is -2.26. The van der Waals surface area contributed by atoms with E-state index in [1.165, 1.54) is 49.5 Å². The van der Waals surface area contributed by atoms with Crippen molar-refractivity contribution in [2.45, 2.75) is 51.5 Å². The second-order valence-corrected chi connectivity index (χ2v) is 6.56. The Hall–Kier alpha value is -1.41. The van der Waals surface area contributed by atoms with E-state index in [-0.39, 0.29) is 6.04 Å². The smallest absolute Gasteiger partial charge is 0.0702 e. The van der Waals surface area contributed by atoms with Crippen LogP contribution in [0.15, 0.2) is 36.5 Å². The molecule has 1 fully saturated rings. The van der Waals surface area contributed by atoms with Crippen LogP contribution >= 0.6 is 0 Å². The maximum Gasteiger partial charge on any atom is 0.0702 e. The van der Waals surface area contributed by atoms with Crippen LogP contribution in [0.2, 0.25) is 0 Å². The molecule has 1 aromatic carbocycles. The summed E-state index contributed by atoms with van der Waals surface area (Å²) in [5.74, 6) is 1.56. The van der Waals surface area contributed by atoms with Crippen LogP contribution in [0.1, 0.15) is 57.1 Å². The van der Waals surface area contributed by atoms with E-state index >= 15 is 0 Å². The average Bonchev–Trinajstić information content (AvgIpc) is 2.55. The lowest BCUT2D eigenvalue weighted by atomic mass is 9.76. The van der Waals surface area contributed by atoms with Crippen molar-refractivity contribution in [1.82, 2.24) is 4.98 Å². The molecule has 112 valence electrons. The molecule has 2 N–H and O–H groups in total.